The largest absolute Gasteiger partial charge is 0.496 e. The summed E-state index contributed by atoms with van der Waals surface area (Å²) in [6.07, 6.45) is 0. The van der Waals surface area contributed by atoms with Gasteiger partial charge in [-0.15, -0.1) is 0 Å². The first-order valence-corrected chi connectivity index (χ1v) is 5.32. The summed E-state index contributed by atoms with van der Waals surface area (Å²) in [7, 11) is 3.12. The molecule has 0 fully saturated rings. The molecule has 0 radical (unpaired) electrons. The number of nitrogen functional groups attached to an aromatic ring is 1. The van der Waals surface area contributed by atoms with E-state index in [1.165, 1.54) is 0 Å². The molecular weight excluding hydrogens is 220 g/mol. The smallest absolute Gasteiger partial charge is 0.265 e. The van der Waals surface area contributed by atoms with E-state index in [1.807, 2.05) is 13.8 Å². The molecule has 3 N–H and O–H groups in total. The average molecular weight is 238 g/mol. The van der Waals surface area contributed by atoms with Gasteiger partial charge >= 0.3 is 0 Å². The fourth-order valence-corrected chi connectivity index (χ4v) is 1.72. The van der Waals surface area contributed by atoms with Gasteiger partial charge in [-0.3, -0.25) is 10.2 Å². The Hall–Kier alpha value is -1.75. The van der Waals surface area contributed by atoms with Gasteiger partial charge in [-0.2, -0.15) is 0 Å². The van der Waals surface area contributed by atoms with E-state index in [0.29, 0.717) is 17.1 Å². The van der Waals surface area contributed by atoms with E-state index >= 15 is 0 Å². The Morgan fingerprint density at radius 1 is 1.24 bits per heavy atom. The Balaban J connectivity index is 3.39. The van der Waals surface area contributed by atoms with E-state index in [2.05, 4.69) is 5.43 Å². The maximum Gasteiger partial charge on any atom is 0.265 e. The molecule has 1 aromatic carbocycles. The molecule has 0 aliphatic rings. The van der Waals surface area contributed by atoms with E-state index in [0.717, 1.165) is 5.56 Å². The highest BCUT2D eigenvalue weighted by atomic mass is 16.5. The predicted octanol–water partition coefficient (Wildman–Crippen LogP) is 1.43. The Morgan fingerprint density at radius 3 is 2.00 bits per heavy atom. The van der Waals surface area contributed by atoms with Crippen molar-refractivity contribution in [3.63, 3.8) is 0 Å². The molecule has 0 atom stereocenters. The minimum atomic E-state index is -0.378. The normalized spacial score (nSPS) is 10.2. The molecule has 5 heteroatoms. The van der Waals surface area contributed by atoms with Gasteiger partial charge in [0.1, 0.15) is 11.5 Å². The third-order valence-corrected chi connectivity index (χ3v) is 2.51. The first kappa shape index (κ1) is 13.3. The predicted molar refractivity (Wildman–Crippen MR) is 65.3 cm³/mol. The molecular formula is C12H18N2O3. The molecule has 0 saturated heterocycles. The second-order valence-electron chi connectivity index (χ2n) is 3.92. The highest BCUT2D eigenvalue weighted by Crippen LogP contribution is 2.36. The van der Waals surface area contributed by atoms with Crippen LogP contribution < -0.4 is 20.7 Å². The number of nitrogens with two attached hydrogens (primary N) is 1. The topological polar surface area (TPSA) is 73.6 Å². The fraction of sp³-hybridized carbons (Fsp3) is 0.417. The lowest BCUT2D eigenvalue weighted by Gasteiger charge is -2.17. The Morgan fingerprint density at radius 2 is 1.71 bits per heavy atom. The number of methoxy groups -OCH3 is 2. The lowest BCUT2D eigenvalue weighted by Crippen LogP contribution is -2.30. The van der Waals surface area contributed by atoms with Gasteiger partial charge < -0.3 is 9.47 Å². The van der Waals surface area contributed by atoms with Gasteiger partial charge in [0, 0.05) is 11.1 Å². The molecule has 0 aliphatic carbocycles. The molecule has 0 aliphatic heterocycles. The van der Waals surface area contributed by atoms with Crippen molar-refractivity contribution in [3.05, 3.63) is 23.3 Å². The minimum absolute atomic E-state index is 0.231. The first-order chi connectivity index (χ1) is 8.04. The molecule has 0 bridgehead atoms. The lowest BCUT2D eigenvalue weighted by molar-refractivity contribution is 0.0953. The van der Waals surface area contributed by atoms with Crippen LogP contribution in [0.4, 0.5) is 0 Å². The molecule has 0 spiro atoms. The van der Waals surface area contributed by atoms with Gasteiger partial charge in [0.05, 0.1) is 14.2 Å². The number of rotatable bonds is 4. The van der Waals surface area contributed by atoms with E-state index < -0.39 is 0 Å². The van der Waals surface area contributed by atoms with Crippen LogP contribution in [0.3, 0.4) is 0 Å². The van der Waals surface area contributed by atoms with Gasteiger partial charge in [0.2, 0.25) is 0 Å². The molecule has 0 saturated carbocycles. The van der Waals surface area contributed by atoms with Gasteiger partial charge in [-0.25, -0.2) is 5.84 Å². The van der Waals surface area contributed by atoms with E-state index in [-0.39, 0.29) is 11.8 Å². The second-order valence-corrected chi connectivity index (χ2v) is 3.92. The highest BCUT2D eigenvalue weighted by Gasteiger charge is 2.17. The van der Waals surface area contributed by atoms with Gasteiger partial charge in [-0.05, 0) is 18.1 Å². The number of hydrogen-bond donors (Lipinski definition) is 2. The third kappa shape index (κ3) is 2.68. The zero-order chi connectivity index (χ0) is 13.0. The molecule has 1 rings (SSSR count). The molecule has 5 nitrogen and oxygen atoms in total. The third-order valence-electron chi connectivity index (χ3n) is 2.51. The summed E-state index contributed by atoms with van der Waals surface area (Å²) in [5.41, 5.74) is 3.42. The second kappa shape index (κ2) is 5.54. The van der Waals surface area contributed by atoms with Crippen LogP contribution in [0.1, 0.15) is 35.7 Å². The van der Waals surface area contributed by atoms with E-state index in [9.17, 15) is 4.79 Å². The van der Waals surface area contributed by atoms with Crippen LogP contribution in [-0.4, -0.2) is 20.1 Å². The molecule has 0 aromatic heterocycles. The van der Waals surface area contributed by atoms with Crippen LogP contribution in [0.5, 0.6) is 11.5 Å². The van der Waals surface area contributed by atoms with Crippen molar-refractivity contribution in [1.82, 2.24) is 5.43 Å². The standard InChI is InChI=1S/C12H18N2O3/c1-7(2)11-9(16-3)5-8(12(15)14-13)6-10(11)17-4/h5-7H,13H2,1-4H3,(H,14,15). The van der Waals surface area contributed by atoms with Crippen LogP contribution in [-0.2, 0) is 0 Å². The Bertz CT molecular complexity index is 391. The number of hydrogen-bond acceptors (Lipinski definition) is 4. The molecule has 0 unspecified atom stereocenters. The summed E-state index contributed by atoms with van der Waals surface area (Å²) >= 11 is 0. The number of carbonyl (C=O) groups is 1. The summed E-state index contributed by atoms with van der Waals surface area (Å²) in [6.45, 7) is 4.06. The summed E-state index contributed by atoms with van der Waals surface area (Å²) in [6, 6.07) is 3.31. The van der Waals surface area contributed by atoms with Crippen molar-refractivity contribution in [2.24, 2.45) is 5.84 Å². The number of nitrogens with one attached hydrogen (secondary N) is 1. The number of hydrazine groups is 1. The van der Waals surface area contributed by atoms with Crippen LogP contribution in [0.2, 0.25) is 0 Å². The van der Waals surface area contributed by atoms with Crippen LogP contribution in [0.25, 0.3) is 0 Å². The van der Waals surface area contributed by atoms with Crippen molar-refractivity contribution in [3.8, 4) is 11.5 Å². The molecule has 1 aromatic rings. The zero-order valence-corrected chi connectivity index (χ0v) is 10.5. The zero-order valence-electron chi connectivity index (χ0n) is 10.5. The van der Waals surface area contributed by atoms with Gasteiger partial charge in [0.25, 0.3) is 5.91 Å². The SMILES string of the molecule is COc1cc(C(=O)NN)cc(OC)c1C(C)C. The summed E-state index contributed by atoms with van der Waals surface area (Å²) in [4.78, 5) is 11.5. The Kier molecular flexibility index (Phi) is 4.34. The van der Waals surface area contributed by atoms with Crippen molar-refractivity contribution in [1.29, 1.82) is 0 Å². The first-order valence-electron chi connectivity index (χ1n) is 5.32. The maximum atomic E-state index is 11.5. The van der Waals surface area contributed by atoms with Gasteiger partial charge in [0.15, 0.2) is 0 Å². The van der Waals surface area contributed by atoms with E-state index in [4.69, 9.17) is 15.3 Å². The monoisotopic (exact) mass is 238 g/mol. The molecule has 94 valence electrons. The van der Waals surface area contributed by atoms with E-state index in [1.54, 1.807) is 26.4 Å². The quantitative estimate of drug-likeness (QED) is 0.473. The van der Waals surface area contributed by atoms with Gasteiger partial charge in [-0.1, -0.05) is 13.8 Å². The number of ether oxygens (including phenoxy) is 2. The minimum Gasteiger partial charge on any atom is -0.496 e. The molecule has 0 heterocycles. The van der Waals surface area contributed by atoms with Crippen molar-refractivity contribution < 1.29 is 14.3 Å². The number of benzene rings is 1. The maximum absolute atomic E-state index is 11.5. The average Bonchev–Trinajstić information content (AvgIpc) is 2.35. The van der Waals surface area contributed by atoms with Crippen LogP contribution >= 0.6 is 0 Å². The summed E-state index contributed by atoms with van der Waals surface area (Å²) in [5, 5.41) is 0. The van der Waals surface area contributed by atoms with Crippen LogP contribution in [0.15, 0.2) is 12.1 Å². The molecule has 1 amide bonds. The molecule has 17 heavy (non-hydrogen) atoms. The number of amides is 1. The highest BCUT2D eigenvalue weighted by molar-refractivity contribution is 5.95. The number of carbonyl (C=O) groups excluding carboxylic acids is 1. The van der Waals surface area contributed by atoms with Crippen molar-refractivity contribution in [2.45, 2.75) is 19.8 Å². The fourth-order valence-electron chi connectivity index (χ4n) is 1.72. The Labute approximate surface area is 101 Å². The van der Waals surface area contributed by atoms with Crippen molar-refractivity contribution in [2.75, 3.05) is 14.2 Å². The van der Waals surface area contributed by atoms with Crippen LogP contribution in [0, 0.1) is 0 Å². The lowest BCUT2D eigenvalue weighted by atomic mass is 9.98. The summed E-state index contributed by atoms with van der Waals surface area (Å²) < 4.78 is 10.6. The summed E-state index contributed by atoms with van der Waals surface area (Å²) in [5.74, 6) is 6.20. The van der Waals surface area contributed by atoms with Crippen molar-refractivity contribution >= 4 is 5.91 Å².